The van der Waals surface area contributed by atoms with Gasteiger partial charge in [-0.25, -0.2) is 0 Å². The molecule has 0 unspecified atom stereocenters. The summed E-state index contributed by atoms with van der Waals surface area (Å²) >= 11 is 1.67. The summed E-state index contributed by atoms with van der Waals surface area (Å²) in [7, 11) is 0. The Labute approximate surface area is 140 Å². The van der Waals surface area contributed by atoms with Crippen molar-refractivity contribution in [3.8, 4) is 11.4 Å². The van der Waals surface area contributed by atoms with E-state index in [1.807, 2.05) is 43.5 Å². The van der Waals surface area contributed by atoms with Crippen LogP contribution >= 0.6 is 11.8 Å². The highest BCUT2D eigenvalue weighted by atomic mass is 32.2. The van der Waals surface area contributed by atoms with Crippen molar-refractivity contribution < 1.29 is 5.11 Å². The lowest BCUT2D eigenvalue weighted by molar-refractivity contribution is 0.440. The summed E-state index contributed by atoms with van der Waals surface area (Å²) in [6.45, 7) is 8.28. The van der Waals surface area contributed by atoms with Crippen molar-refractivity contribution in [1.82, 2.24) is 15.0 Å². The van der Waals surface area contributed by atoms with Gasteiger partial charge in [0.25, 0.3) is 0 Å². The molecule has 0 fully saturated rings. The number of hydrogen-bond donors (Lipinski definition) is 1. The van der Waals surface area contributed by atoms with Gasteiger partial charge in [-0.15, -0.1) is 26.8 Å². The summed E-state index contributed by atoms with van der Waals surface area (Å²) in [4.78, 5) is 2.68. The van der Waals surface area contributed by atoms with Gasteiger partial charge >= 0.3 is 0 Å². The standard InChI is InChI=1S/C18H21N3OS/c1-11-8-13(18(2,3)4)17(22)16(9-11)21-19-14-7-6-12(23-5)10-15(14)20-21/h6-10,22H,1-5H3. The number of aromatic hydroxyl groups is 1. The van der Waals surface area contributed by atoms with E-state index in [2.05, 4.69) is 31.0 Å². The van der Waals surface area contributed by atoms with Crippen LogP contribution in [-0.4, -0.2) is 26.4 Å². The van der Waals surface area contributed by atoms with Crippen molar-refractivity contribution in [1.29, 1.82) is 0 Å². The predicted octanol–water partition coefficient (Wildman–Crippen LogP) is 4.45. The second-order valence-electron chi connectivity index (χ2n) is 6.77. The summed E-state index contributed by atoms with van der Waals surface area (Å²) in [6, 6.07) is 9.94. The molecule has 0 radical (unpaired) electrons. The van der Waals surface area contributed by atoms with Crippen molar-refractivity contribution in [2.75, 3.05) is 6.26 Å². The normalized spacial score (nSPS) is 12.0. The fraction of sp³-hybridized carbons (Fsp3) is 0.333. The molecule has 0 aliphatic rings. The topological polar surface area (TPSA) is 50.9 Å². The first-order valence-electron chi connectivity index (χ1n) is 7.55. The minimum absolute atomic E-state index is 0.149. The number of aromatic nitrogens is 3. The first-order valence-corrected chi connectivity index (χ1v) is 8.77. The third-order valence-corrected chi connectivity index (χ3v) is 4.57. The minimum Gasteiger partial charge on any atom is -0.505 e. The van der Waals surface area contributed by atoms with E-state index in [0.29, 0.717) is 5.69 Å². The van der Waals surface area contributed by atoms with E-state index in [4.69, 9.17) is 0 Å². The van der Waals surface area contributed by atoms with Crippen molar-refractivity contribution in [3.05, 3.63) is 41.5 Å². The number of phenols is 1. The average molecular weight is 327 g/mol. The molecule has 1 N–H and O–H groups in total. The molecular weight excluding hydrogens is 306 g/mol. The number of benzene rings is 2. The molecule has 120 valence electrons. The van der Waals surface area contributed by atoms with Gasteiger partial charge in [0.2, 0.25) is 0 Å². The Balaban J connectivity index is 2.20. The molecule has 1 aromatic heterocycles. The van der Waals surface area contributed by atoms with Gasteiger partial charge in [0, 0.05) is 10.5 Å². The Morgan fingerprint density at radius 1 is 1.04 bits per heavy atom. The highest BCUT2D eigenvalue weighted by Gasteiger charge is 2.22. The van der Waals surface area contributed by atoms with E-state index < -0.39 is 0 Å². The lowest BCUT2D eigenvalue weighted by Crippen LogP contribution is -2.13. The summed E-state index contributed by atoms with van der Waals surface area (Å²) < 4.78 is 0. The number of hydrogen-bond acceptors (Lipinski definition) is 4. The van der Waals surface area contributed by atoms with Gasteiger partial charge < -0.3 is 5.11 Å². The van der Waals surface area contributed by atoms with Crippen LogP contribution in [0.25, 0.3) is 16.7 Å². The number of aryl methyl sites for hydroxylation is 1. The SMILES string of the molecule is CSc1ccc2nn(-c3cc(C)cc(C(C)(C)C)c3O)nc2c1. The average Bonchev–Trinajstić information content (AvgIpc) is 2.90. The zero-order valence-corrected chi connectivity index (χ0v) is 14.9. The largest absolute Gasteiger partial charge is 0.505 e. The highest BCUT2D eigenvalue weighted by Crippen LogP contribution is 2.36. The molecule has 0 atom stereocenters. The number of nitrogens with zero attached hydrogens (tertiary/aromatic N) is 3. The van der Waals surface area contributed by atoms with Crippen LogP contribution in [-0.2, 0) is 5.41 Å². The predicted molar refractivity (Wildman–Crippen MR) is 95.7 cm³/mol. The van der Waals surface area contributed by atoms with Crippen molar-refractivity contribution in [2.45, 2.75) is 38.0 Å². The number of fused-ring (bicyclic) bond motifs is 1. The molecule has 3 rings (SSSR count). The Morgan fingerprint density at radius 3 is 2.39 bits per heavy atom. The van der Waals surface area contributed by atoms with Crippen LogP contribution < -0.4 is 0 Å². The molecule has 0 amide bonds. The molecule has 1 heterocycles. The molecule has 0 aliphatic heterocycles. The van der Waals surface area contributed by atoms with E-state index in [1.54, 1.807) is 11.8 Å². The van der Waals surface area contributed by atoms with E-state index in [9.17, 15) is 5.11 Å². The smallest absolute Gasteiger partial charge is 0.146 e. The summed E-state index contributed by atoms with van der Waals surface area (Å²) in [6.07, 6.45) is 2.04. The number of phenolic OH excluding ortho intramolecular Hbond substituents is 1. The van der Waals surface area contributed by atoms with Crippen LogP contribution in [0.5, 0.6) is 5.75 Å². The van der Waals surface area contributed by atoms with Crippen LogP contribution in [0.1, 0.15) is 31.9 Å². The van der Waals surface area contributed by atoms with Crippen molar-refractivity contribution >= 4 is 22.8 Å². The minimum atomic E-state index is -0.149. The maximum atomic E-state index is 10.7. The van der Waals surface area contributed by atoms with Gasteiger partial charge in [-0.2, -0.15) is 0 Å². The molecule has 3 aromatic rings. The van der Waals surface area contributed by atoms with E-state index in [1.165, 1.54) is 4.80 Å². The molecule has 0 saturated heterocycles. The van der Waals surface area contributed by atoms with Gasteiger partial charge in [0.05, 0.1) is 0 Å². The fourth-order valence-electron chi connectivity index (χ4n) is 2.61. The summed E-state index contributed by atoms with van der Waals surface area (Å²) in [5, 5.41) is 19.8. The number of rotatable bonds is 2. The third kappa shape index (κ3) is 2.93. The Bertz CT molecular complexity index is 878. The van der Waals surface area contributed by atoms with Gasteiger partial charge in [0.1, 0.15) is 22.5 Å². The van der Waals surface area contributed by atoms with Gasteiger partial charge in [-0.3, -0.25) is 0 Å². The van der Waals surface area contributed by atoms with Gasteiger partial charge in [0.15, 0.2) is 0 Å². The van der Waals surface area contributed by atoms with E-state index in [0.717, 1.165) is 27.1 Å². The van der Waals surface area contributed by atoms with Crippen molar-refractivity contribution in [3.63, 3.8) is 0 Å². The van der Waals surface area contributed by atoms with Crippen molar-refractivity contribution in [2.24, 2.45) is 0 Å². The second kappa shape index (κ2) is 5.57. The lowest BCUT2D eigenvalue weighted by Gasteiger charge is -2.22. The molecule has 4 nitrogen and oxygen atoms in total. The van der Waals surface area contributed by atoms with E-state index in [-0.39, 0.29) is 11.2 Å². The molecule has 23 heavy (non-hydrogen) atoms. The fourth-order valence-corrected chi connectivity index (χ4v) is 3.05. The molecule has 0 spiro atoms. The van der Waals surface area contributed by atoms with Crippen LogP contribution in [0.4, 0.5) is 0 Å². The quantitative estimate of drug-likeness (QED) is 0.706. The van der Waals surface area contributed by atoms with Crippen LogP contribution in [0, 0.1) is 6.92 Å². The third-order valence-electron chi connectivity index (χ3n) is 3.85. The van der Waals surface area contributed by atoms with E-state index >= 15 is 0 Å². The molecule has 0 saturated carbocycles. The monoisotopic (exact) mass is 327 g/mol. The first-order chi connectivity index (χ1) is 10.8. The second-order valence-corrected chi connectivity index (χ2v) is 7.65. The van der Waals surface area contributed by atoms with Gasteiger partial charge in [-0.05, 0) is 48.4 Å². The molecule has 2 aromatic carbocycles. The Hall–Kier alpha value is -2.01. The highest BCUT2D eigenvalue weighted by molar-refractivity contribution is 7.98. The zero-order valence-electron chi connectivity index (χ0n) is 14.1. The maximum Gasteiger partial charge on any atom is 0.146 e. The van der Waals surface area contributed by atoms with Crippen LogP contribution in [0.2, 0.25) is 0 Å². The molecular formula is C18H21N3OS. The maximum absolute atomic E-state index is 10.7. The van der Waals surface area contributed by atoms with Crippen LogP contribution in [0.15, 0.2) is 35.2 Å². The molecule has 5 heteroatoms. The molecule has 0 aliphatic carbocycles. The molecule has 0 bridgehead atoms. The Kier molecular flexibility index (Phi) is 3.84. The van der Waals surface area contributed by atoms with Crippen LogP contribution in [0.3, 0.4) is 0 Å². The zero-order chi connectivity index (χ0) is 16.8. The van der Waals surface area contributed by atoms with Gasteiger partial charge in [-0.1, -0.05) is 26.8 Å². The Morgan fingerprint density at radius 2 is 1.74 bits per heavy atom. The number of thioether (sulfide) groups is 1. The lowest BCUT2D eigenvalue weighted by atomic mass is 9.85. The summed E-state index contributed by atoms with van der Waals surface area (Å²) in [5.41, 5.74) is 4.10. The summed E-state index contributed by atoms with van der Waals surface area (Å²) in [5.74, 6) is 0.244. The first kappa shape index (κ1) is 15.9.